The van der Waals surface area contributed by atoms with Crippen molar-refractivity contribution in [1.29, 1.82) is 0 Å². The molecule has 27 heavy (non-hydrogen) atoms. The maximum atomic E-state index is 12.5. The van der Waals surface area contributed by atoms with Crippen LogP contribution >= 0.6 is 0 Å². The third-order valence-corrected chi connectivity index (χ3v) is 4.73. The van der Waals surface area contributed by atoms with Gasteiger partial charge in [0, 0.05) is 33.4 Å². The molecule has 3 rings (SSSR count). The van der Waals surface area contributed by atoms with E-state index in [0.717, 1.165) is 18.4 Å². The maximum Gasteiger partial charge on any atom is 0.335 e. The van der Waals surface area contributed by atoms with Gasteiger partial charge in [-0.3, -0.25) is 5.32 Å². The third kappa shape index (κ3) is 4.33. The van der Waals surface area contributed by atoms with Crippen LogP contribution in [0.2, 0.25) is 0 Å². The Balaban J connectivity index is 1.62. The molecule has 1 aromatic heterocycles. The molecule has 0 atom stereocenters. The standard InChI is InChI=1S/C19H23N5O3/c1-23(2)16-7-10-20-18(21-16)22-19(27)24-11-8-13(9-12-24)14-5-3-4-6-15(14)17(25)26/h3-7,10,13H,8-9,11-12H2,1-2H3,(H,25,26)(H,20,21,22,27). The molecule has 0 aliphatic carbocycles. The van der Waals surface area contributed by atoms with Crippen LogP contribution in [0.25, 0.3) is 0 Å². The highest BCUT2D eigenvalue weighted by atomic mass is 16.4. The Morgan fingerprint density at radius 2 is 1.89 bits per heavy atom. The number of piperidine rings is 1. The van der Waals surface area contributed by atoms with Crippen LogP contribution in [0.4, 0.5) is 16.6 Å². The van der Waals surface area contributed by atoms with Gasteiger partial charge < -0.3 is 14.9 Å². The minimum atomic E-state index is -0.913. The Hall–Kier alpha value is -3.16. The molecule has 2 N–H and O–H groups in total. The molecule has 0 radical (unpaired) electrons. The van der Waals surface area contributed by atoms with E-state index in [1.54, 1.807) is 29.3 Å². The summed E-state index contributed by atoms with van der Waals surface area (Å²) in [5.41, 5.74) is 1.18. The van der Waals surface area contributed by atoms with E-state index in [0.29, 0.717) is 24.5 Å². The van der Waals surface area contributed by atoms with Gasteiger partial charge in [0.15, 0.2) is 0 Å². The van der Waals surface area contributed by atoms with Gasteiger partial charge in [-0.15, -0.1) is 0 Å². The SMILES string of the molecule is CN(C)c1ccnc(NC(=O)N2CCC(c3ccccc3C(=O)O)CC2)n1. The fraction of sp³-hybridized carbons (Fsp3) is 0.368. The van der Waals surface area contributed by atoms with E-state index in [1.807, 2.05) is 31.1 Å². The van der Waals surface area contributed by atoms with Crippen LogP contribution in [0.15, 0.2) is 36.5 Å². The second-order valence-electron chi connectivity index (χ2n) is 6.72. The minimum Gasteiger partial charge on any atom is -0.478 e. The Morgan fingerprint density at radius 3 is 2.56 bits per heavy atom. The molecule has 1 saturated heterocycles. The fourth-order valence-electron chi connectivity index (χ4n) is 3.27. The highest BCUT2D eigenvalue weighted by Gasteiger charge is 2.26. The largest absolute Gasteiger partial charge is 0.478 e. The molecule has 0 spiro atoms. The Morgan fingerprint density at radius 1 is 1.19 bits per heavy atom. The van der Waals surface area contributed by atoms with E-state index >= 15 is 0 Å². The van der Waals surface area contributed by atoms with Gasteiger partial charge in [0.05, 0.1) is 5.56 Å². The van der Waals surface area contributed by atoms with Crippen molar-refractivity contribution < 1.29 is 14.7 Å². The monoisotopic (exact) mass is 369 g/mol. The van der Waals surface area contributed by atoms with Gasteiger partial charge in [-0.1, -0.05) is 18.2 Å². The van der Waals surface area contributed by atoms with E-state index < -0.39 is 5.97 Å². The van der Waals surface area contributed by atoms with E-state index in [4.69, 9.17) is 0 Å². The number of carbonyl (C=O) groups excluding carboxylic acids is 1. The zero-order valence-corrected chi connectivity index (χ0v) is 15.4. The summed E-state index contributed by atoms with van der Waals surface area (Å²) in [5.74, 6) is 0.201. The second kappa shape index (κ2) is 8.03. The van der Waals surface area contributed by atoms with Crippen molar-refractivity contribution in [3.63, 3.8) is 0 Å². The first kappa shape index (κ1) is 18.6. The summed E-state index contributed by atoms with van der Waals surface area (Å²) in [6.45, 7) is 1.11. The van der Waals surface area contributed by atoms with Crippen molar-refractivity contribution in [3.8, 4) is 0 Å². The molecule has 2 heterocycles. The number of carboxylic acids is 1. The predicted molar refractivity (Wildman–Crippen MR) is 102 cm³/mol. The molecule has 1 aliphatic heterocycles. The van der Waals surface area contributed by atoms with Crippen molar-refractivity contribution in [2.75, 3.05) is 37.4 Å². The molecular formula is C19H23N5O3. The molecule has 0 saturated carbocycles. The average molecular weight is 369 g/mol. The first-order valence-electron chi connectivity index (χ1n) is 8.84. The molecule has 0 unspecified atom stereocenters. The molecule has 8 heteroatoms. The van der Waals surface area contributed by atoms with E-state index in [1.165, 1.54) is 0 Å². The molecule has 1 aliphatic rings. The van der Waals surface area contributed by atoms with E-state index in [9.17, 15) is 14.7 Å². The van der Waals surface area contributed by atoms with Crippen LogP contribution < -0.4 is 10.2 Å². The molecule has 8 nitrogen and oxygen atoms in total. The van der Waals surface area contributed by atoms with Gasteiger partial charge in [-0.25, -0.2) is 14.6 Å². The topological polar surface area (TPSA) is 98.7 Å². The lowest BCUT2D eigenvalue weighted by atomic mass is 9.86. The van der Waals surface area contributed by atoms with Crippen LogP contribution in [0, 0.1) is 0 Å². The summed E-state index contributed by atoms with van der Waals surface area (Å²) in [6.07, 6.45) is 3.04. The van der Waals surface area contributed by atoms with Crippen LogP contribution in [0.5, 0.6) is 0 Å². The number of hydrogen-bond donors (Lipinski definition) is 2. The molecule has 0 bridgehead atoms. The number of hydrogen-bond acceptors (Lipinski definition) is 5. The fourth-order valence-corrected chi connectivity index (χ4v) is 3.27. The number of nitrogens with one attached hydrogen (secondary N) is 1. The van der Waals surface area contributed by atoms with Crippen LogP contribution in [-0.4, -0.2) is 59.2 Å². The predicted octanol–water partition coefficient (Wildman–Crippen LogP) is 2.65. The first-order chi connectivity index (χ1) is 13.0. The first-order valence-corrected chi connectivity index (χ1v) is 8.84. The smallest absolute Gasteiger partial charge is 0.335 e. The van der Waals surface area contributed by atoms with Gasteiger partial charge in [0.2, 0.25) is 5.95 Å². The van der Waals surface area contributed by atoms with Gasteiger partial charge >= 0.3 is 12.0 Å². The number of carbonyl (C=O) groups is 2. The number of urea groups is 1. The van der Waals surface area contributed by atoms with Crippen LogP contribution in [-0.2, 0) is 0 Å². The zero-order valence-electron chi connectivity index (χ0n) is 15.4. The number of anilines is 2. The van der Waals surface area contributed by atoms with E-state index in [2.05, 4.69) is 15.3 Å². The third-order valence-electron chi connectivity index (χ3n) is 4.73. The quantitative estimate of drug-likeness (QED) is 0.860. The van der Waals surface area contributed by atoms with Gasteiger partial charge in [0.1, 0.15) is 5.82 Å². The lowest BCUT2D eigenvalue weighted by Gasteiger charge is -2.32. The molecule has 1 aromatic carbocycles. The number of nitrogens with zero attached hydrogens (tertiary/aromatic N) is 4. The van der Waals surface area contributed by atoms with Gasteiger partial charge in [-0.2, -0.15) is 4.98 Å². The van der Waals surface area contributed by atoms with Gasteiger partial charge in [-0.05, 0) is 36.5 Å². The van der Waals surface area contributed by atoms with Crippen molar-refractivity contribution in [3.05, 3.63) is 47.7 Å². The molecule has 2 amide bonds. The second-order valence-corrected chi connectivity index (χ2v) is 6.72. The molecule has 1 fully saturated rings. The number of aromatic nitrogens is 2. The van der Waals surface area contributed by atoms with Crippen molar-refractivity contribution in [1.82, 2.24) is 14.9 Å². The molecular weight excluding hydrogens is 346 g/mol. The zero-order chi connectivity index (χ0) is 19.4. The summed E-state index contributed by atoms with van der Waals surface area (Å²) in [5, 5.41) is 12.1. The van der Waals surface area contributed by atoms with Crippen LogP contribution in [0.1, 0.15) is 34.7 Å². The lowest BCUT2D eigenvalue weighted by molar-refractivity contribution is 0.0694. The Bertz CT molecular complexity index is 832. The summed E-state index contributed by atoms with van der Waals surface area (Å²) >= 11 is 0. The van der Waals surface area contributed by atoms with Crippen molar-refractivity contribution in [2.24, 2.45) is 0 Å². The Kier molecular flexibility index (Phi) is 5.54. The van der Waals surface area contributed by atoms with Gasteiger partial charge in [0.25, 0.3) is 0 Å². The van der Waals surface area contributed by atoms with Crippen LogP contribution in [0.3, 0.4) is 0 Å². The van der Waals surface area contributed by atoms with E-state index in [-0.39, 0.29) is 17.9 Å². The number of carboxylic acid groups (broad SMARTS) is 1. The highest BCUT2D eigenvalue weighted by molar-refractivity contribution is 5.90. The lowest BCUT2D eigenvalue weighted by Crippen LogP contribution is -2.41. The summed E-state index contributed by atoms with van der Waals surface area (Å²) in [4.78, 5) is 35.8. The number of amides is 2. The number of aromatic carboxylic acids is 1. The number of benzene rings is 1. The Labute approximate surface area is 157 Å². The minimum absolute atomic E-state index is 0.134. The summed E-state index contributed by atoms with van der Waals surface area (Å²) < 4.78 is 0. The van der Waals surface area contributed by atoms with Crippen molar-refractivity contribution in [2.45, 2.75) is 18.8 Å². The highest BCUT2D eigenvalue weighted by Crippen LogP contribution is 2.30. The summed E-state index contributed by atoms with van der Waals surface area (Å²) in [7, 11) is 3.74. The summed E-state index contributed by atoms with van der Waals surface area (Å²) in [6, 6.07) is 8.61. The normalized spacial score (nSPS) is 14.7. The maximum absolute atomic E-state index is 12.5. The number of likely N-dealkylation sites (tertiary alicyclic amines) is 1. The number of rotatable bonds is 4. The molecule has 2 aromatic rings. The molecule has 142 valence electrons. The van der Waals surface area contributed by atoms with Crippen molar-refractivity contribution >= 4 is 23.8 Å². The average Bonchev–Trinajstić information content (AvgIpc) is 2.68.